The van der Waals surface area contributed by atoms with Gasteiger partial charge in [-0.25, -0.2) is 9.69 Å². The first-order valence-corrected chi connectivity index (χ1v) is 13.8. The molecule has 6 rings (SSSR count). The number of hydrogen-bond donors (Lipinski definition) is 0. The number of nitro groups is 1. The van der Waals surface area contributed by atoms with Crippen molar-refractivity contribution in [1.29, 1.82) is 0 Å². The topological polar surface area (TPSA) is 127 Å². The van der Waals surface area contributed by atoms with Gasteiger partial charge in [-0.3, -0.25) is 24.5 Å². The normalized spacial score (nSPS) is 22.0. The minimum atomic E-state index is -1.07. The predicted molar refractivity (Wildman–Crippen MR) is 154 cm³/mol. The number of unbranched alkanes of at least 4 members (excludes halogenated alkanes) is 1. The Morgan fingerprint density at radius 3 is 2.40 bits per heavy atom. The van der Waals surface area contributed by atoms with E-state index < -0.39 is 52.4 Å². The van der Waals surface area contributed by atoms with Crippen molar-refractivity contribution < 1.29 is 28.8 Å². The van der Waals surface area contributed by atoms with Crippen LogP contribution in [0.2, 0.25) is 0 Å². The van der Waals surface area contributed by atoms with Gasteiger partial charge in [-0.2, -0.15) is 0 Å². The molecule has 0 aromatic heterocycles. The molecule has 10 heteroatoms. The van der Waals surface area contributed by atoms with Crippen LogP contribution in [0.1, 0.15) is 46.0 Å². The number of nitro benzene ring substituents is 1. The molecule has 3 aromatic rings. The fourth-order valence-electron chi connectivity index (χ4n) is 6.15. The molecular weight excluding hydrogens is 538 g/mol. The Kier molecular flexibility index (Phi) is 6.89. The van der Waals surface area contributed by atoms with E-state index in [1.54, 1.807) is 0 Å². The number of hydrogen-bond acceptors (Lipinski definition) is 8. The minimum Gasteiger partial charge on any atom is -0.462 e. The van der Waals surface area contributed by atoms with Crippen molar-refractivity contribution in [1.82, 2.24) is 0 Å². The van der Waals surface area contributed by atoms with Crippen LogP contribution in [0.4, 0.5) is 17.1 Å². The molecule has 0 bridgehead atoms. The maximum atomic E-state index is 14.1. The molecule has 0 N–H and O–H groups in total. The number of ether oxygens (including phenoxy) is 1. The Morgan fingerprint density at radius 2 is 1.67 bits per heavy atom. The van der Waals surface area contributed by atoms with Gasteiger partial charge in [0.2, 0.25) is 11.8 Å². The summed E-state index contributed by atoms with van der Waals surface area (Å²) >= 11 is 0. The van der Waals surface area contributed by atoms with Gasteiger partial charge in [-0.15, -0.1) is 0 Å². The van der Waals surface area contributed by atoms with Gasteiger partial charge in [0.25, 0.3) is 5.69 Å². The Bertz CT molecular complexity index is 1650. The molecular formula is C32H27N3O7. The number of non-ortho nitro benzene ring substituents is 1. The van der Waals surface area contributed by atoms with E-state index in [1.807, 2.05) is 48.2 Å². The number of carbonyl (C=O) groups is 4. The minimum absolute atomic E-state index is 0.0882. The number of Topliss-reactive ketones (excluding diaryl/α,β-unsaturated/α-hetero) is 1. The van der Waals surface area contributed by atoms with Crippen molar-refractivity contribution >= 4 is 46.7 Å². The second kappa shape index (κ2) is 10.7. The van der Waals surface area contributed by atoms with Crippen molar-refractivity contribution in [2.75, 3.05) is 16.4 Å². The number of amides is 2. The summed E-state index contributed by atoms with van der Waals surface area (Å²) in [4.78, 5) is 68.3. The highest BCUT2D eigenvalue weighted by Gasteiger charge is 2.64. The summed E-state index contributed by atoms with van der Waals surface area (Å²) in [5.74, 6) is -3.83. The number of nitrogens with zero attached hydrogens (tertiary/aromatic N) is 3. The van der Waals surface area contributed by atoms with Crippen molar-refractivity contribution in [3.8, 4) is 0 Å². The second-order valence-corrected chi connectivity index (χ2v) is 10.5. The van der Waals surface area contributed by atoms with Crippen molar-refractivity contribution in [2.45, 2.75) is 31.8 Å². The fourth-order valence-corrected chi connectivity index (χ4v) is 6.15. The molecule has 0 radical (unpaired) electrons. The average molecular weight is 566 g/mol. The molecule has 3 aliphatic heterocycles. The third-order valence-electron chi connectivity index (χ3n) is 8.12. The zero-order chi connectivity index (χ0) is 29.5. The summed E-state index contributed by atoms with van der Waals surface area (Å²) < 4.78 is 5.25. The first kappa shape index (κ1) is 27.1. The van der Waals surface area contributed by atoms with Crippen molar-refractivity contribution in [3.63, 3.8) is 0 Å². The summed E-state index contributed by atoms with van der Waals surface area (Å²) in [6.45, 7) is 2.29. The molecule has 212 valence electrons. The number of fused-ring (bicyclic) bond motifs is 5. The van der Waals surface area contributed by atoms with Crippen LogP contribution >= 0.6 is 0 Å². The van der Waals surface area contributed by atoms with E-state index in [9.17, 15) is 29.3 Å². The molecule has 4 atom stereocenters. The lowest BCUT2D eigenvalue weighted by Crippen LogP contribution is -2.48. The van der Waals surface area contributed by atoms with E-state index in [0.717, 1.165) is 23.3 Å². The average Bonchev–Trinajstić information content (AvgIpc) is 3.49. The van der Waals surface area contributed by atoms with Crippen LogP contribution in [0.3, 0.4) is 0 Å². The van der Waals surface area contributed by atoms with Crippen LogP contribution in [0.15, 0.2) is 78.9 Å². The number of imide groups is 1. The van der Waals surface area contributed by atoms with E-state index in [2.05, 4.69) is 0 Å². The first-order chi connectivity index (χ1) is 20.3. The summed E-state index contributed by atoms with van der Waals surface area (Å²) in [6.07, 6.45) is 5.35. The Labute approximate surface area is 241 Å². The third-order valence-corrected chi connectivity index (χ3v) is 8.12. The van der Waals surface area contributed by atoms with Gasteiger partial charge < -0.3 is 9.64 Å². The SMILES string of the molecule is CCCCOC(=O)c1ccc(N2C(=O)[C@@H]3[C@@H](C2=O)[C@@H]2C=Cc4ccccc4N2[C@@H]3C(=O)c2cccc([N+](=O)[O-])c2)cc1. The summed E-state index contributed by atoms with van der Waals surface area (Å²) in [6, 6.07) is 17.2. The molecule has 3 aliphatic rings. The van der Waals surface area contributed by atoms with E-state index in [4.69, 9.17) is 4.74 Å². The summed E-state index contributed by atoms with van der Waals surface area (Å²) in [7, 11) is 0. The zero-order valence-corrected chi connectivity index (χ0v) is 22.7. The van der Waals surface area contributed by atoms with Crippen LogP contribution in [0.5, 0.6) is 0 Å². The fraction of sp³-hybridized carbons (Fsp3) is 0.250. The molecule has 2 fully saturated rings. The maximum absolute atomic E-state index is 14.1. The molecule has 0 aliphatic carbocycles. The number of rotatable bonds is 8. The number of esters is 1. The summed E-state index contributed by atoms with van der Waals surface area (Å²) in [5.41, 5.74) is 1.98. The zero-order valence-electron chi connectivity index (χ0n) is 22.7. The predicted octanol–water partition coefficient (Wildman–Crippen LogP) is 4.82. The van der Waals surface area contributed by atoms with Gasteiger partial charge in [0.05, 0.1) is 40.7 Å². The molecule has 2 amide bonds. The lowest BCUT2D eigenvalue weighted by molar-refractivity contribution is -0.384. The van der Waals surface area contributed by atoms with E-state index in [1.165, 1.54) is 48.5 Å². The number of para-hydroxylation sites is 1. The van der Waals surface area contributed by atoms with Crippen LogP contribution in [0, 0.1) is 22.0 Å². The van der Waals surface area contributed by atoms with E-state index >= 15 is 0 Å². The Morgan fingerprint density at radius 1 is 0.929 bits per heavy atom. The molecule has 3 aromatic carbocycles. The molecule has 42 heavy (non-hydrogen) atoms. The Hall–Kier alpha value is -5.12. The molecule has 0 spiro atoms. The quantitative estimate of drug-likeness (QED) is 0.0950. The molecule has 0 saturated carbocycles. The smallest absolute Gasteiger partial charge is 0.338 e. The van der Waals surface area contributed by atoms with E-state index in [0.29, 0.717) is 17.9 Å². The number of benzene rings is 3. The van der Waals surface area contributed by atoms with Crippen molar-refractivity contribution in [2.24, 2.45) is 11.8 Å². The maximum Gasteiger partial charge on any atom is 0.338 e. The van der Waals surface area contributed by atoms with Crippen LogP contribution < -0.4 is 9.80 Å². The van der Waals surface area contributed by atoms with E-state index in [-0.39, 0.29) is 16.9 Å². The number of ketones is 1. The Balaban J connectivity index is 1.37. The first-order valence-electron chi connectivity index (χ1n) is 13.8. The monoisotopic (exact) mass is 565 g/mol. The molecule has 3 heterocycles. The lowest BCUT2D eigenvalue weighted by Gasteiger charge is -2.36. The van der Waals surface area contributed by atoms with Crippen LogP contribution in [-0.2, 0) is 14.3 Å². The molecule has 2 saturated heterocycles. The molecule has 10 nitrogen and oxygen atoms in total. The highest BCUT2D eigenvalue weighted by Crippen LogP contribution is 2.49. The summed E-state index contributed by atoms with van der Waals surface area (Å²) in [5, 5.41) is 11.4. The van der Waals surface area contributed by atoms with Gasteiger partial charge in [-0.05, 0) is 42.3 Å². The third kappa shape index (κ3) is 4.36. The largest absolute Gasteiger partial charge is 0.462 e. The standard InChI is InChI=1S/C32H27N3O7/c1-2-3-17-42-32(39)20-11-14-22(15-12-20)33-30(37)26-25-16-13-19-7-4-5-10-24(19)34(25)28(27(26)31(33)38)29(36)21-8-6-9-23(18-21)35(40)41/h4-16,18,25-28H,2-3,17H2,1H3/t25-,26-,27+,28-/m0/s1. The van der Waals surface area contributed by atoms with Crippen LogP contribution in [0.25, 0.3) is 6.08 Å². The van der Waals surface area contributed by atoms with Gasteiger partial charge >= 0.3 is 5.97 Å². The number of anilines is 2. The lowest BCUT2D eigenvalue weighted by atomic mass is 9.86. The highest BCUT2D eigenvalue weighted by atomic mass is 16.6. The highest BCUT2D eigenvalue weighted by molar-refractivity contribution is 6.25. The van der Waals surface area contributed by atoms with Gasteiger partial charge in [0.1, 0.15) is 6.04 Å². The second-order valence-electron chi connectivity index (χ2n) is 10.5. The van der Waals surface area contributed by atoms with Gasteiger partial charge in [-0.1, -0.05) is 55.8 Å². The van der Waals surface area contributed by atoms with Gasteiger partial charge in [0.15, 0.2) is 5.78 Å². The number of carbonyl (C=O) groups excluding carboxylic acids is 4. The molecule has 0 unspecified atom stereocenters. The van der Waals surface area contributed by atoms with Crippen molar-refractivity contribution in [3.05, 3.63) is 106 Å². The van der Waals surface area contributed by atoms with Gasteiger partial charge in [0, 0.05) is 23.4 Å². The van der Waals surface area contributed by atoms with Crippen LogP contribution in [-0.4, -0.2) is 47.2 Å².